The van der Waals surface area contributed by atoms with Crippen LogP contribution in [-0.2, 0) is 9.59 Å². The molecule has 0 bridgehead atoms. The van der Waals surface area contributed by atoms with Crippen LogP contribution in [0.5, 0.6) is 0 Å². The Balaban J connectivity index is 3.78. The molecule has 0 aromatic rings. The molecule has 0 saturated heterocycles. The van der Waals surface area contributed by atoms with Gasteiger partial charge in [0.1, 0.15) is 0 Å². The molecule has 0 aliphatic heterocycles. The molecule has 0 saturated carbocycles. The summed E-state index contributed by atoms with van der Waals surface area (Å²) in [5.74, 6) is -0.360. The van der Waals surface area contributed by atoms with E-state index >= 15 is 0 Å². The second-order valence-corrected chi connectivity index (χ2v) is 3.98. The summed E-state index contributed by atoms with van der Waals surface area (Å²) in [6.45, 7) is 7.36. The maximum atomic E-state index is 11.2. The van der Waals surface area contributed by atoms with Gasteiger partial charge >= 0.3 is 11.8 Å². The molecule has 5 nitrogen and oxygen atoms in total. The first-order valence-corrected chi connectivity index (χ1v) is 5.25. The van der Waals surface area contributed by atoms with E-state index in [0.29, 0.717) is 31.5 Å². The van der Waals surface area contributed by atoms with Crippen LogP contribution >= 0.6 is 0 Å². The van der Waals surface area contributed by atoms with E-state index in [1.165, 1.54) is 0 Å². The lowest BCUT2D eigenvalue weighted by molar-refractivity contribution is -0.139. The maximum absolute atomic E-state index is 11.2. The second-order valence-electron chi connectivity index (χ2n) is 3.98. The van der Waals surface area contributed by atoms with E-state index in [0.717, 1.165) is 0 Å². The maximum Gasteiger partial charge on any atom is 0.309 e. The van der Waals surface area contributed by atoms with Gasteiger partial charge < -0.3 is 16.4 Å². The Morgan fingerprint density at radius 3 is 2.13 bits per heavy atom. The van der Waals surface area contributed by atoms with Crippen LogP contribution in [-0.4, -0.2) is 31.4 Å². The molecule has 0 aliphatic rings. The second kappa shape index (κ2) is 7.23. The van der Waals surface area contributed by atoms with Crippen molar-refractivity contribution < 1.29 is 9.59 Å². The molecular weight excluding hydrogens is 194 g/mol. The average molecular weight is 215 g/mol. The Hall–Kier alpha value is -1.10. The summed E-state index contributed by atoms with van der Waals surface area (Å²) in [5, 5.41) is 4.99. The molecule has 88 valence electrons. The average Bonchev–Trinajstić information content (AvgIpc) is 2.21. The first-order valence-electron chi connectivity index (χ1n) is 5.25. The minimum absolute atomic E-state index is 0.325. The summed E-state index contributed by atoms with van der Waals surface area (Å²) in [7, 11) is 0. The standard InChI is InChI=1S/C10H21N3O2/c1-7(2)8(3)6-13-10(15)9(14)12-5-4-11/h7-8H,4-6,11H2,1-3H3,(H,12,14)(H,13,15). The summed E-state index contributed by atoms with van der Waals surface area (Å²) in [6, 6.07) is 0. The van der Waals surface area contributed by atoms with Gasteiger partial charge in [0.25, 0.3) is 0 Å². The molecule has 0 aromatic carbocycles. The van der Waals surface area contributed by atoms with Crippen molar-refractivity contribution in [3.8, 4) is 0 Å². The van der Waals surface area contributed by atoms with E-state index in [-0.39, 0.29) is 0 Å². The van der Waals surface area contributed by atoms with Gasteiger partial charge in [-0.3, -0.25) is 9.59 Å². The normalized spacial score (nSPS) is 12.3. The number of hydrogen-bond donors (Lipinski definition) is 3. The van der Waals surface area contributed by atoms with Crippen molar-refractivity contribution in [1.82, 2.24) is 10.6 Å². The number of hydrogen-bond acceptors (Lipinski definition) is 3. The van der Waals surface area contributed by atoms with Crippen molar-refractivity contribution in [1.29, 1.82) is 0 Å². The van der Waals surface area contributed by atoms with Crippen molar-refractivity contribution >= 4 is 11.8 Å². The summed E-state index contributed by atoms with van der Waals surface area (Å²) < 4.78 is 0. The lowest BCUT2D eigenvalue weighted by atomic mass is 9.98. The van der Waals surface area contributed by atoms with Crippen LogP contribution in [0.25, 0.3) is 0 Å². The minimum Gasteiger partial charge on any atom is -0.348 e. The highest BCUT2D eigenvalue weighted by Gasteiger charge is 2.14. The fourth-order valence-electron chi connectivity index (χ4n) is 0.836. The predicted octanol–water partition coefficient (Wildman–Crippen LogP) is -0.530. The van der Waals surface area contributed by atoms with Gasteiger partial charge in [0.15, 0.2) is 0 Å². The Morgan fingerprint density at radius 1 is 1.13 bits per heavy atom. The third-order valence-electron chi connectivity index (χ3n) is 2.36. The van der Waals surface area contributed by atoms with Gasteiger partial charge in [0, 0.05) is 19.6 Å². The quantitative estimate of drug-likeness (QED) is 0.539. The lowest BCUT2D eigenvalue weighted by Gasteiger charge is -2.15. The number of rotatable bonds is 5. The molecule has 0 aliphatic carbocycles. The van der Waals surface area contributed by atoms with Gasteiger partial charge in [-0.25, -0.2) is 0 Å². The molecule has 1 unspecified atom stereocenters. The SMILES string of the molecule is CC(C)C(C)CNC(=O)C(=O)NCCN. The first-order chi connectivity index (χ1) is 6.99. The van der Waals surface area contributed by atoms with Crippen LogP contribution in [0.1, 0.15) is 20.8 Å². The van der Waals surface area contributed by atoms with E-state index in [2.05, 4.69) is 24.5 Å². The van der Waals surface area contributed by atoms with Gasteiger partial charge in [-0.1, -0.05) is 20.8 Å². The van der Waals surface area contributed by atoms with E-state index in [4.69, 9.17) is 5.73 Å². The molecule has 0 radical (unpaired) electrons. The number of carbonyl (C=O) groups is 2. The molecule has 0 heterocycles. The van der Waals surface area contributed by atoms with Crippen LogP contribution in [0.3, 0.4) is 0 Å². The van der Waals surface area contributed by atoms with E-state index in [9.17, 15) is 9.59 Å². The zero-order valence-corrected chi connectivity index (χ0v) is 9.67. The van der Waals surface area contributed by atoms with E-state index < -0.39 is 11.8 Å². The van der Waals surface area contributed by atoms with Crippen molar-refractivity contribution in [2.75, 3.05) is 19.6 Å². The summed E-state index contributed by atoms with van der Waals surface area (Å²) >= 11 is 0. The van der Waals surface area contributed by atoms with Crippen LogP contribution < -0.4 is 16.4 Å². The van der Waals surface area contributed by atoms with Crippen molar-refractivity contribution in [2.45, 2.75) is 20.8 Å². The molecule has 0 rings (SSSR count). The fourth-order valence-corrected chi connectivity index (χ4v) is 0.836. The molecule has 0 aromatic heterocycles. The largest absolute Gasteiger partial charge is 0.348 e. The highest BCUT2D eigenvalue weighted by molar-refractivity contribution is 6.35. The summed E-state index contributed by atoms with van der Waals surface area (Å²) in [6.07, 6.45) is 0. The number of amides is 2. The van der Waals surface area contributed by atoms with Gasteiger partial charge in [-0.05, 0) is 11.8 Å². The summed E-state index contributed by atoms with van der Waals surface area (Å²) in [4.78, 5) is 22.3. The molecule has 15 heavy (non-hydrogen) atoms. The molecule has 0 fully saturated rings. The molecule has 2 amide bonds. The third kappa shape index (κ3) is 6.06. The molecular formula is C10H21N3O2. The minimum atomic E-state index is -0.614. The zero-order valence-electron chi connectivity index (χ0n) is 9.67. The predicted molar refractivity (Wildman–Crippen MR) is 59.1 cm³/mol. The molecule has 1 atom stereocenters. The Bertz CT molecular complexity index is 217. The van der Waals surface area contributed by atoms with Crippen LogP contribution in [0.15, 0.2) is 0 Å². The van der Waals surface area contributed by atoms with Crippen molar-refractivity contribution in [3.05, 3.63) is 0 Å². The van der Waals surface area contributed by atoms with Gasteiger partial charge in [0.2, 0.25) is 0 Å². The van der Waals surface area contributed by atoms with Gasteiger partial charge in [-0.2, -0.15) is 0 Å². The topological polar surface area (TPSA) is 84.2 Å². The van der Waals surface area contributed by atoms with E-state index in [1.807, 2.05) is 6.92 Å². The fraction of sp³-hybridized carbons (Fsp3) is 0.800. The first kappa shape index (κ1) is 13.9. The van der Waals surface area contributed by atoms with Crippen LogP contribution in [0.2, 0.25) is 0 Å². The van der Waals surface area contributed by atoms with Crippen molar-refractivity contribution in [3.63, 3.8) is 0 Å². The highest BCUT2D eigenvalue weighted by atomic mass is 16.2. The monoisotopic (exact) mass is 215 g/mol. The molecule has 5 heteroatoms. The molecule has 4 N–H and O–H groups in total. The zero-order chi connectivity index (χ0) is 11.8. The smallest absolute Gasteiger partial charge is 0.309 e. The third-order valence-corrected chi connectivity index (χ3v) is 2.36. The highest BCUT2D eigenvalue weighted by Crippen LogP contribution is 2.07. The van der Waals surface area contributed by atoms with Crippen LogP contribution in [0.4, 0.5) is 0 Å². The number of nitrogens with one attached hydrogen (secondary N) is 2. The Morgan fingerprint density at radius 2 is 1.67 bits per heavy atom. The van der Waals surface area contributed by atoms with Crippen LogP contribution in [0, 0.1) is 11.8 Å². The van der Waals surface area contributed by atoms with Crippen molar-refractivity contribution in [2.24, 2.45) is 17.6 Å². The number of carbonyl (C=O) groups excluding carboxylic acids is 2. The van der Waals surface area contributed by atoms with E-state index in [1.54, 1.807) is 0 Å². The number of nitrogens with two attached hydrogens (primary N) is 1. The van der Waals surface area contributed by atoms with Gasteiger partial charge in [0.05, 0.1) is 0 Å². The summed E-state index contributed by atoms with van der Waals surface area (Å²) in [5.41, 5.74) is 5.19. The lowest BCUT2D eigenvalue weighted by Crippen LogP contribution is -2.43. The van der Waals surface area contributed by atoms with Gasteiger partial charge in [-0.15, -0.1) is 0 Å². The Kier molecular flexibility index (Phi) is 6.70. The Labute approximate surface area is 90.8 Å². The molecule has 0 spiro atoms.